The number of hydrogen-bond acceptors (Lipinski definition) is 0. The van der Waals surface area contributed by atoms with Crippen LogP contribution in [0.25, 0.3) is 66.8 Å². The summed E-state index contributed by atoms with van der Waals surface area (Å²) < 4.78 is 1.48. The summed E-state index contributed by atoms with van der Waals surface area (Å²) in [7, 11) is -3.69. The van der Waals surface area contributed by atoms with Crippen molar-refractivity contribution in [1.29, 1.82) is 0 Å². The number of allylic oxidation sites excluding steroid dienone is 4. The quantitative estimate of drug-likeness (QED) is 0.0469. The topological polar surface area (TPSA) is 0 Å². The van der Waals surface area contributed by atoms with Gasteiger partial charge >= 0.3 is 555 Å². The smallest absolute Gasteiger partial charge is 1.00 e. The van der Waals surface area contributed by atoms with Crippen molar-refractivity contribution in [2.45, 2.75) is 193 Å². The van der Waals surface area contributed by atoms with Crippen LogP contribution in [0.1, 0.15) is 178 Å². The standard InChI is InChI=1S/C87H99Si.3ClH.Ti/c1-17-60-29-61(18-2)36-72(35-60)78-47-79(73-37-62(19-3)30-63(20-4)38-73)51-84(50-78)88(87(16)56-57(13)58(14)59(87)15,85-52-80(74-39-64(21-5)31-65(22-6)40-74)48-81(53-85)75-41-66(23-7)32-67(24-8)42-75)86-54-82(76-43-68(25-9)33-69(26-10)44-76)49-83(55-86)77-45-70(27-11)34-71(28-12)46-77;;;;/h29-55H,17-28H2,1-16H3;3*1H;/q;;;;+3/p-3. The van der Waals surface area contributed by atoms with E-state index >= 15 is 0 Å². The Hall–Kier alpha value is -5.74. The molecule has 0 N–H and O–H groups in total. The second-order valence-corrected chi connectivity index (χ2v) is 31.0. The van der Waals surface area contributed by atoms with Gasteiger partial charge in [-0.15, -0.1) is 0 Å². The van der Waals surface area contributed by atoms with Gasteiger partial charge in [0.05, 0.1) is 0 Å². The maximum Gasteiger partial charge on any atom is -1.00 e. The van der Waals surface area contributed by atoms with Crippen molar-refractivity contribution in [3.8, 4) is 66.8 Å². The van der Waals surface area contributed by atoms with Crippen molar-refractivity contribution >= 4 is 23.6 Å². The molecule has 0 aliphatic heterocycles. The van der Waals surface area contributed by atoms with Crippen LogP contribution in [0.4, 0.5) is 0 Å². The molecule has 476 valence electrons. The van der Waals surface area contributed by atoms with Gasteiger partial charge < -0.3 is 37.2 Å². The van der Waals surface area contributed by atoms with Gasteiger partial charge in [0, 0.05) is 0 Å². The Morgan fingerprint density at radius 2 is 0.391 bits per heavy atom. The van der Waals surface area contributed by atoms with Crippen molar-refractivity contribution in [2.75, 3.05) is 0 Å². The van der Waals surface area contributed by atoms with Gasteiger partial charge in [0.15, 0.2) is 0 Å². The molecule has 1 unspecified atom stereocenters. The third kappa shape index (κ3) is 14.4. The van der Waals surface area contributed by atoms with Gasteiger partial charge in [-0.3, -0.25) is 0 Å². The van der Waals surface area contributed by atoms with Gasteiger partial charge in [-0.05, 0) is 0 Å². The second-order valence-electron chi connectivity index (χ2n) is 26.0. The first kappa shape index (κ1) is 73.7. The van der Waals surface area contributed by atoms with E-state index < -0.39 is 13.1 Å². The zero-order valence-electron chi connectivity index (χ0n) is 58.2. The van der Waals surface area contributed by atoms with Crippen LogP contribution in [-0.4, -0.2) is 8.07 Å². The molecule has 0 saturated heterocycles. The minimum Gasteiger partial charge on any atom is -1.00 e. The second kappa shape index (κ2) is 31.7. The van der Waals surface area contributed by atoms with Crippen LogP contribution >= 0.6 is 0 Å². The fourth-order valence-electron chi connectivity index (χ4n) is 14.8. The third-order valence-electron chi connectivity index (χ3n) is 20.8. The van der Waals surface area contributed by atoms with Crippen LogP contribution in [0.2, 0.25) is 5.04 Å². The van der Waals surface area contributed by atoms with Crippen molar-refractivity contribution in [3.05, 3.63) is 251 Å². The predicted octanol–water partition coefficient (Wildman–Crippen LogP) is 12.9. The largest absolute Gasteiger partial charge is 1.00 e. The van der Waals surface area contributed by atoms with E-state index in [-0.39, 0.29) is 37.2 Å². The molecule has 10 rings (SSSR count). The molecule has 0 heterocycles. The summed E-state index contributed by atoms with van der Waals surface area (Å²) >= 11 is 2.53. The maximum absolute atomic E-state index is 3.69. The summed E-state index contributed by atoms with van der Waals surface area (Å²) in [5.41, 5.74) is 36.6. The van der Waals surface area contributed by atoms with E-state index in [2.05, 4.69) is 295 Å². The Kier molecular flexibility index (Phi) is 25.4. The van der Waals surface area contributed by atoms with Crippen LogP contribution in [0, 0.1) is 0 Å². The number of benzene rings is 9. The molecular formula is C87H99Cl3SiTi. The number of rotatable bonds is 22. The van der Waals surface area contributed by atoms with Crippen LogP contribution in [0.15, 0.2) is 184 Å². The normalized spacial score (nSPS) is 13.9. The number of halogens is 3. The monoisotopic (exact) mass is 1320 g/mol. The van der Waals surface area contributed by atoms with Gasteiger partial charge in [0.1, 0.15) is 0 Å². The fraction of sp³-hybridized carbons (Fsp3) is 0.333. The Bertz CT molecular complexity index is 3430. The minimum atomic E-state index is -3.69. The summed E-state index contributed by atoms with van der Waals surface area (Å²) in [5.74, 6) is 0. The van der Waals surface area contributed by atoms with E-state index in [1.54, 1.807) is 0 Å². The first-order valence-corrected chi connectivity index (χ1v) is 37.1. The van der Waals surface area contributed by atoms with Crippen LogP contribution in [0.5, 0.6) is 0 Å². The molecule has 0 bridgehead atoms. The van der Waals surface area contributed by atoms with Crippen molar-refractivity contribution in [1.82, 2.24) is 0 Å². The molecule has 1 aliphatic rings. The van der Waals surface area contributed by atoms with Crippen LogP contribution in [-0.2, 0) is 97.5 Å². The average Bonchev–Trinajstić information content (AvgIpc) is 1.31. The average molecular weight is 1330 g/mol. The first-order valence-electron chi connectivity index (χ1n) is 34.3. The van der Waals surface area contributed by atoms with E-state index in [1.165, 1.54) is 170 Å². The molecule has 0 fully saturated rings. The van der Waals surface area contributed by atoms with E-state index in [9.17, 15) is 0 Å². The zero-order valence-corrected chi connectivity index (χ0v) is 63.0. The molecule has 1 atom stereocenters. The maximum atomic E-state index is 2.74. The van der Waals surface area contributed by atoms with E-state index in [0.29, 0.717) is 0 Å². The summed E-state index contributed by atoms with van der Waals surface area (Å²) in [6, 6.07) is 69.0. The Labute approximate surface area is 587 Å². The van der Waals surface area contributed by atoms with Crippen LogP contribution in [0.3, 0.4) is 0 Å². The SMILES string of the molecule is CCc1cc(CC)cc(-c2cc(-c3cc(CC)cc(CC)c3)cc([Si](c3cc(-c4cc(CC)cc(CC)c4)cc(-c4cc(CC)cc(CC)c4)c3)(c3cc(-c4cc(CC)cc(CC)c4)cc(-c4cc(CC)cc(CC)c4)c3)C3(C)C(C)=C(C)C(C)=[C]3[Ti+3])c2)c1.[Cl-].[Cl-].[Cl-]. The number of hydrogen-bond donors (Lipinski definition) is 0. The molecule has 0 amide bonds. The van der Waals surface area contributed by atoms with Gasteiger partial charge in [-0.25, -0.2) is 0 Å². The van der Waals surface area contributed by atoms with Crippen molar-refractivity contribution < 1.29 is 57.7 Å². The van der Waals surface area contributed by atoms with Gasteiger partial charge in [0.2, 0.25) is 0 Å². The summed E-state index contributed by atoms with van der Waals surface area (Å²) in [6.07, 6.45) is 11.8. The minimum absolute atomic E-state index is 0. The Morgan fingerprint density at radius 1 is 0.239 bits per heavy atom. The van der Waals surface area contributed by atoms with Gasteiger partial charge in [0.25, 0.3) is 0 Å². The number of aryl methyl sites for hydroxylation is 12. The summed E-state index contributed by atoms with van der Waals surface area (Å²) in [4.78, 5) is 0. The molecule has 0 aromatic heterocycles. The third-order valence-corrected chi connectivity index (χ3v) is 28.2. The zero-order chi connectivity index (χ0) is 63.5. The van der Waals surface area contributed by atoms with Crippen LogP contribution < -0.4 is 52.8 Å². The molecule has 0 nitrogen and oxygen atoms in total. The Morgan fingerprint density at radius 3 is 0.522 bits per heavy atom. The Balaban J connectivity index is 0.00000400. The molecule has 1 aliphatic carbocycles. The van der Waals surface area contributed by atoms with E-state index in [4.69, 9.17) is 0 Å². The molecule has 0 spiro atoms. The fourth-order valence-corrected chi connectivity index (χ4v) is 22.5. The van der Waals surface area contributed by atoms with E-state index in [0.717, 1.165) is 77.0 Å². The predicted molar refractivity (Wildman–Crippen MR) is 389 cm³/mol. The molecule has 0 radical (unpaired) electrons. The van der Waals surface area contributed by atoms with Gasteiger partial charge in [-0.2, -0.15) is 0 Å². The van der Waals surface area contributed by atoms with Crippen molar-refractivity contribution in [3.63, 3.8) is 0 Å². The first-order chi connectivity index (χ1) is 42.9. The van der Waals surface area contributed by atoms with Gasteiger partial charge in [-0.1, -0.05) is 0 Å². The van der Waals surface area contributed by atoms with E-state index in [1.807, 2.05) is 0 Å². The molecule has 9 aromatic rings. The molecule has 0 saturated carbocycles. The molecule has 9 aromatic carbocycles. The summed E-state index contributed by atoms with van der Waals surface area (Å²) in [5, 5.41) is 3.88. The molecule has 5 heteroatoms. The molecular weight excluding hydrogens is 1230 g/mol. The summed E-state index contributed by atoms with van der Waals surface area (Å²) in [6.45, 7) is 38.0. The molecule has 92 heavy (non-hydrogen) atoms. The van der Waals surface area contributed by atoms with Crippen molar-refractivity contribution in [2.24, 2.45) is 0 Å².